The topological polar surface area (TPSA) is 120 Å². The number of hydrogen-bond acceptors (Lipinski definition) is 5. The molecule has 0 spiro atoms. The second-order valence-electron chi connectivity index (χ2n) is 7.25. The van der Waals surface area contributed by atoms with Gasteiger partial charge in [-0.05, 0) is 37.1 Å². The van der Waals surface area contributed by atoms with Gasteiger partial charge >= 0.3 is 12.0 Å². The van der Waals surface area contributed by atoms with Crippen molar-refractivity contribution >= 4 is 35.0 Å². The SMILES string of the molecule is COc1cc(N(CCCNC(C)=O)CCC(=O)O)ccc1NC(=O)Nc1ccccc1C. The van der Waals surface area contributed by atoms with Gasteiger partial charge in [0.1, 0.15) is 5.75 Å². The van der Waals surface area contributed by atoms with Gasteiger partial charge in [0.15, 0.2) is 0 Å². The number of ether oxygens (including phenoxy) is 1. The van der Waals surface area contributed by atoms with Crippen LogP contribution in [0.15, 0.2) is 42.5 Å². The van der Waals surface area contributed by atoms with Crippen molar-refractivity contribution in [3.05, 3.63) is 48.0 Å². The molecular weight excluding hydrogens is 412 g/mol. The number of methoxy groups -OCH3 is 1. The molecule has 9 nitrogen and oxygen atoms in total. The third-order valence-corrected chi connectivity index (χ3v) is 4.77. The monoisotopic (exact) mass is 442 g/mol. The molecule has 0 aliphatic heterocycles. The number of carboxylic acid groups (broad SMARTS) is 1. The van der Waals surface area contributed by atoms with E-state index in [0.717, 1.165) is 11.3 Å². The zero-order chi connectivity index (χ0) is 23.5. The number of amides is 3. The molecule has 0 radical (unpaired) electrons. The minimum absolute atomic E-state index is 0.0265. The molecule has 0 heterocycles. The molecule has 32 heavy (non-hydrogen) atoms. The van der Waals surface area contributed by atoms with E-state index >= 15 is 0 Å². The average molecular weight is 443 g/mol. The molecule has 3 amide bonds. The largest absolute Gasteiger partial charge is 0.494 e. The molecule has 0 bridgehead atoms. The molecule has 172 valence electrons. The summed E-state index contributed by atoms with van der Waals surface area (Å²) in [7, 11) is 1.50. The van der Waals surface area contributed by atoms with Gasteiger partial charge in [0.2, 0.25) is 5.91 Å². The maximum Gasteiger partial charge on any atom is 0.323 e. The maximum absolute atomic E-state index is 12.4. The lowest BCUT2D eigenvalue weighted by atomic mass is 10.2. The van der Waals surface area contributed by atoms with Gasteiger partial charge in [-0.2, -0.15) is 0 Å². The highest BCUT2D eigenvalue weighted by Gasteiger charge is 2.14. The first-order valence-corrected chi connectivity index (χ1v) is 10.3. The number of aryl methyl sites for hydroxylation is 1. The zero-order valence-electron chi connectivity index (χ0n) is 18.6. The quantitative estimate of drug-likeness (QED) is 0.396. The standard InChI is InChI=1S/C23H30N4O5/c1-16-7-4-5-8-19(16)25-23(31)26-20-10-9-18(15-21(20)32-3)27(14-11-22(29)30)13-6-12-24-17(2)28/h4-5,7-10,15H,6,11-14H2,1-3H3,(H,24,28)(H,29,30)(H2,25,26,31). The summed E-state index contributed by atoms with van der Waals surface area (Å²) in [5, 5.41) is 17.4. The summed E-state index contributed by atoms with van der Waals surface area (Å²) in [6, 6.07) is 12.3. The van der Waals surface area contributed by atoms with Crippen molar-refractivity contribution in [2.24, 2.45) is 0 Å². The Morgan fingerprint density at radius 3 is 2.41 bits per heavy atom. The normalized spacial score (nSPS) is 10.2. The minimum atomic E-state index is -0.894. The number of anilines is 3. The van der Waals surface area contributed by atoms with Crippen LogP contribution in [0.25, 0.3) is 0 Å². The van der Waals surface area contributed by atoms with Crippen LogP contribution in [0.1, 0.15) is 25.3 Å². The van der Waals surface area contributed by atoms with Gasteiger partial charge in [0, 0.05) is 44.0 Å². The van der Waals surface area contributed by atoms with Crippen LogP contribution in [-0.2, 0) is 9.59 Å². The Balaban J connectivity index is 2.11. The van der Waals surface area contributed by atoms with E-state index in [4.69, 9.17) is 9.84 Å². The number of para-hydroxylation sites is 1. The summed E-state index contributed by atoms with van der Waals surface area (Å²) in [5.41, 5.74) is 2.90. The fraction of sp³-hybridized carbons (Fsp3) is 0.348. The van der Waals surface area contributed by atoms with Crippen LogP contribution >= 0.6 is 0 Å². The van der Waals surface area contributed by atoms with Gasteiger partial charge < -0.3 is 30.7 Å². The molecule has 0 fully saturated rings. The molecule has 2 rings (SSSR count). The van der Waals surface area contributed by atoms with Crippen LogP contribution in [0.3, 0.4) is 0 Å². The summed E-state index contributed by atoms with van der Waals surface area (Å²) >= 11 is 0. The number of hydrogen-bond donors (Lipinski definition) is 4. The molecule has 0 atom stereocenters. The predicted octanol–water partition coefficient (Wildman–Crippen LogP) is 3.45. The molecule has 2 aromatic carbocycles. The number of aliphatic carboxylic acids is 1. The van der Waals surface area contributed by atoms with Crippen LogP contribution < -0.4 is 25.6 Å². The molecule has 0 aromatic heterocycles. The van der Waals surface area contributed by atoms with Crippen molar-refractivity contribution in [2.75, 3.05) is 42.3 Å². The van der Waals surface area contributed by atoms with Crippen molar-refractivity contribution in [3.63, 3.8) is 0 Å². The highest BCUT2D eigenvalue weighted by Crippen LogP contribution is 2.30. The van der Waals surface area contributed by atoms with Crippen molar-refractivity contribution in [1.29, 1.82) is 0 Å². The van der Waals surface area contributed by atoms with E-state index in [1.807, 2.05) is 36.1 Å². The number of benzene rings is 2. The highest BCUT2D eigenvalue weighted by molar-refractivity contribution is 6.01. The number of carbonyl (C=O) groups excluding carboxylic acids is 2. The van der Waals surface area contributed by atoms with Crippen molar-refractivity contribution in [2.45, 2.75) is 26.7 Å². The summed E-state index contributed by atoms with van der Waals surface area (Å²) in [4.78, 5) is 36.5. The molecule has 9 heteroatoms. The smallest absolute Gasteiger partial charge is 0.323 e. The second kappa shape index (κ2) is 12.2. The Labute approximate surface area is 187 Å². The van der Waals surface area contributed by atoms with E-state index < -0.39 is 12.0 Å². The summed E-state index contributed by atoms with van der Waals surface area (Å²) in [5.74, 6) is -0.553. The van der Waals surface area contributed by atoms with Gasteiger partial charge in [-0.25, -0.2) is 4.79 Å². The Kier molecular flexibility index (Phi) is 9.34. The Morgan fingerprint density at radius 2 is 1.75 bits per heavy atom. The van der Waals surface area contributed by atoms with Gasteiger partial charge in [-0.3, -0.25) is 9.59 Å². The van der Waals surface area contributed by atoms with Crippen LogP contribution in [0.4, 0.5) is 21.9 Å². The molecular formula is C23H30N4O5. The fourth-order valence-electron chi connectivity index (χ4n) is 3.10. The third kappa shape index (κ3) is 7.82. The average Bonchev–Trinajstić information content (AvgIpc) is 2.75. The summed E-state index contributed by atoms with van der Waals surface area (Å²) in [6.07, 6.45) is 0.627. The summed E-state index contributed by atoms with van der Waals surface area (Å²) < 4.78 is 5.45. The molecule has 0 aliphatic rings. The van der Waals surface area contributed by atoms with Gasteiger partial charge in [-0.1, -0.05) is 18.2 Å². The Hall–Kier alpha value is -3.75. The minimum Gasteiger partial charge on any atom is -0.494 e. The molecule has 2 aromatic rings. The number of rotatable bonds is 11. The number of carbonyl (C=O) groups is 3. The van der Waals surface area contributed by atoms with Crippen molar-refractivity contribution < 1.29 is 24.2 Å². The zero-order valence-corrected chi connectivity index (χ0v) is 18.6. The number of urea groups is 1. The third-order valence-electron chi connectivity index (χ3n) is 4.77. The lowest BCUT2D eigenvalue weighted by molar-refractivity contribution is -0.136. The lowest BCUT2D eigenvalue weighted by Gasteiger charge is -2.25. The van der Waals surface area contributed by atoms with E-state index in [9.17, 15) is 14.4 Å². The van der Waals surface area contributed by atoms with Crippen LogP contribution in [0.5, 0.6) is 5.75 Å². The van der Waals surface area contributed by atoms with E-state index in [2.05, 4.69) is 16.0 Å². The first-order chi connectivity index (χ1) is 15.3. The van der Waals surface area contributed by atoms with E-state index in [1.165, 1.54) is 14.0 Å². The first kappa shape index (κ1) is 24.5. The van der Waals surface area contributed by atoms with Crippen LogP contribution in [0, 0.1) is 6.92 Å². The van der Waals surface area contributed by atoms with E-state index in [0.29, 0.717) is 43.2 Å². The Morgan fingerprint density at radius 1 is 1.03 bits per heavy atom. The summed E-state index contributed by atoms with van der Waals surface area (Å²) in [6.45, 7) is 4.71. The molecule has 0 aliphatic carbocycles. The number of nitrogens with one attached hydrogen (secondary N) is 3. The molecule has 4 N–H and O–H groups in total. The lowest BCUT2D eigenvalue weighted by Crippen LogP contribution is -2.30. The molecule has 0 saturated carbocycles. The Bertz CT molecular complexity index is 948. The first-order valence-electron chi connectivity index (χ1n) is 10.3. The van der Waals surface area contributed by atoms with E-state index in [-0.39, 0.29) is 12.3 Å². The van der Waals surface area contributed by atoms with Crippen molar-refractivity contribution in [1.82, 2.24) is 5.32 Å². The fourth-order valence-corrected chi connectivity index (χ4v) is 3.10. The van der Waals surface area contributed by atoms with Crippen molar-refractivity contribution in [3.8, 4) is 5.75 Å². The number of nitrogens with zero attached hydrogens (tertiary/aromatic N) is 1. The molecule has 0 saturated heterocycles. The number of carboxylic acids is 1. The van der Waals surface area contributed by atoms with Crippen LogP contribution in [-0.4, -0.2) is 49.8 Å². The predicted molar refractivity (Wildman–Crippen MR) is 125 cm³/mol. The molecule has 0 unspecified atom stereocenters. The van der Waals surface area contributed by atoms with Gasteiger partial charge in [0.05, 0.1) is 19.2 Å². The second-order valence-corrected chi connectivity index (χ2v) is 7.25. The highest BCUT2D eigenvalue weighted by atomic mass is 16.5. The van der Waals surface area contributed by atoms with Crippen LogP contribution in [0.2, 0.25) is 0 Å². The maximum atomic E-state index is 12.4. The van der Waals surface area contributed by atoms with Gasteiger partial charge in [0.25, 0.3) is 0 Å². The van der Waals surface area contributed by atoms with E-state index in [1.54, 1.807) is 18.2 Å². The van der Waals surface area contributed by atoms with Gasteiger partial charge in [-0.15, -0.1) is 0 Å².